The predicted molar refractivity (Wildman–Crippen MR) is 146 cm³/mol. The highest BCUT2D eigenvalue weighted by molar-refractivity contribution is 7.91. The number of carbonyl (C=O) groups is 1. The first-order valence-corrected chi connectivity index (χ1v) is 16.3. The predicted octanol–water partition coefficient (Wildman–Crippen LogP) is 0.879. The second kappa shape index (κ2) is 13.5. The zero-order valence-corrected chi connectivity index (χ0v) is 23.9. The van der Waals surface area contributed by atoms with Gasteiger partial charge in [-0.2, -0.15) is 0 Å². The number of nitrogens with one attached hydrogen (secondary N) is 3. The van der Waals surface area contributed by atoms with Gasteiger partial charge < -0.3 is 27.4 Å². The number of likely N-dealkylation sites (tertiary alicyclic amines) is 1. The number of nitrogens with zero attached hydrogens (tertiary/aromatic N) is 1. The van der Waals surface area contributed by atoms with Crippen LogP contribution >= 0.6 is 0 Å². The molecule has 9 nitrogen and oxygen atoms in total. The first kappa shape index (κ1) is 30.7. The van der Waals surface area contributed by atoms with E-state index < -0.39 is 28.1 Å². The van der Waals surface area contributed by atoms with Gasteiger partial charge in [-0.3, -0.25) is 9.69 Å². The molecule has 0 aromatic carbocycles. The third-order valence-electron chi connectivity index (χ3n) is 9.25. The SMILES string of the molecule is CCCC1(CC)CCC(F)CNC(C(C(=O)NC2CNCCC2N2CCC(S(C)(=O)=O)CC2)C(N)N)C1. The van der Waals surface area contributed by atoms with E-state index in [1.54, 1.807) is 0 Å². The highest BCUT2D eigenvalue weighted by atomic mass is 32.2. The quantitative estimate of drug-likeness (QED) is 0.268. The molecule has 0 aliphatic carbocycles. The summed E-state index contributed by atoms with van der Waals surface area (Å²) in [6.07, 6.45) is 6.61. The Morgan fingerprint density at radius 2 is 1.86 bits per heavy atom. The summed E-state index contributed by atoms with van der Waals surface area (Å²) in [5.74, 6) is -0.860. The largest absolute Gasteiger partial charge is 0.350 e. The van der Waals surface area contributed by atoms with E-state index in [-0.39, 0.29) is 41.2 Å². The van der Waals surface area contributed by atoms with Crippen LogP contribution in [0, 0.1) is 11.3 Å². The minimum absolute atomic E-state index is 0.0382. The smallest absolute Gasteiger partial charge is 0.227 e. The lowest BCUT2D eigenvalue weighted by Crippen LogP contribution is -2.65. The van der Waals surface area contributed by atoms with Crippen molar-refractivity contribution in [1.29, 1.82) is 0 Å². The summed E-state index contributed by atoms with van der Waals surface area (Å²) in [5, 5.41) is 9.69. The highest BCUT2D eigenvalue weighted by Crippen LogP contribution is 2.41. The summed E-state index contributed by atoms with van der Waals surface area (Å²) in [5.41, 5.74) is 12.4. The minimum atomic E-state index is -3.04. The topological polar surface area (TPSA) is 143 Å². The average Bonchev–Trinajstić information content (AvgIpc) is 2.84. The molecule has 3 aliphatic rings. The third kappa shape index (κ3) is 8.08. The van der Waals surface area contributed by atoms with Crippen molar-refractivity contribution in [2.45, 2.75) is 107 Å². The van der Waals surface area contributed by atoms with Crippen LogP contribution in [0.15, 0.2) is 0 Å². The van der Waals surface area contributed by atoms with Crippen molar-refractivity contribution in [3.05, 3.63) is 0 Å². The van der Waals surface area contributed by atoms with E-state index >= 15 is 0 Å². The molecular weight excluding hydrogens is 495 g/mol. The molecule has 0 aromatic heterocycles. The van der Waals surface area contributed by atoms with Crippen LogP contribution in [0.4, 0.5) is 4.39 Å². The van der Waals surface area contributed by atoms with Gasteiger partial charge in [-0.15, -0.1) is 0 Å². The molecule has 37 heavy (non-hydrogen) atoms. The summed E-state index contributed by atoms with van der Waals surface area (Å²) < 4.78 is 38.6. The molecule has 3 fully saturated rings. The Labute approximate surface area is 223 Å². The number of hydrogen-bond donors (Lipinski definition) is 5. The molecule has 0 aromatic rings. The fraction of sp³-hybridized carbons (Fsp3) is 0.962. The summed E-state index contributed by atoms with van der Waals surface area (Å²) in [6.45, 7) is 7.40. The van der Waals surface area contributed by atoms with Gasteiger partial charge in [0.2, 0.25) is 5.91 Å². The van der Waals surface area contributed by atoms with Crippen LogP contribution < -0.4 is 27.4 Å². The fourth-order valence-electron chi connectivity index (χ4n) is 6.96. The van der Waals surface area contributed by atoms with Crippen LogP contribution in [0.5, 0.6) is 0 Å². The molecule has 0 spiro atoms. The van der Waals surface area contributed by atoms with Crippen LogP contribution in [-0.2, 0) is 14.6 Å². The Hall–Kier alpha value is -0.850. The van der Waals surface area contributed by atoms with E-state index in [4.69, 9.17) is 11.5 Å². The Bertz CT molecular complexity index is 838. The first-order valence-electron chi connectivity index (χ1n) is 14.3. The van der Waals surface area contributed by atoms with Gasteiger partial charge in [0.05, 0.1) is 23.4 Å². The molecule has 0 saturated carbocycles. The number of nitrogens with two attached hydrogens (primary N) is 2. The molecule has 3 rings (SSSR count). The van der Waals surface area contributed by atoms with Crippen LogP contribution in [0.25, 0.3) is 0 Å². The second-order valence-corrected chi connectivity index (χ2v) is 14.1. The number of hydrogen-bond acceptors (Lipinski definition) is 8. The van der Waals surface area contributed by atoms with Crippen molar-refractivity contribution in [3.8, 4) is 0 Å². The Kier molecular flexibility index (Phi) is 11.2. The van der Waals surface area contributed by atoms with Gasteiger partial charge in [0, 0.05) is 31.4 Å². The zero-order valence-electron chi connectivity index (χ0n) is 23.1. The van der Waals surface area contributed by atoms with E-state index in [0.29, 0.717) is 38.9 Å². The van der Waals surface area contributed by atoms with Gasteiger partial charge in [-0.1, -0.05) is 26.7 Å². The average molecular weight is 547 g/mol. The first-order chi connectivity index (χ1) is 17.5. The van der Waals surface area contributed by atoms with Crippen molar-refractivity contribution in [2.75, 3.05) is 39.0 Å². The molecule has 3 heterocycles. The standard InChI is InChI=1S/C26H51FN6O3S/c1-4-10-26(5-2)11-6-18(27)16-31-20(15-26)23(24(28)29)25(34)32-21-17-30-12-7-22(21)33-13-8-19(9-14-33)37(3,35)36/h18-24,30-31H,4-17,28-29H2,1-3H3,(H,32,34). The van der Waals surface area contributed by atoms with Crippen LogP contribution in [0.3, 0.4) is 0 Å². The molecule has 0 bridgehead atoms. The molecule has 3 saturated heterocycles. The Balaban J connectivity index is 1.73. The van der Waals surface area contributed by atoms with Gasteiger partial charge >= 0.3 is 0 Å². The van der Waals surface area contributed by atoms with Crippen molar-refractivity contribution in [3.63, 3.8) is 0 Å². The van der Waals surface area contributed by atoms with Crippen molar-refractivity contribution >= 4 is 15.7 Å². The van der Waals surface area contributed by atoms with Gasteiger partial charge in [0.25, 0.3) is 0 Å². The molecule has 1 amide bonds. The van der Waals surface area contributed by atoms with Crippen molar-refractivity contribution in [2.24, 2.45) is 22.8 Å². The zero-order chi connectivity index (χ0) is 27.2. The number of halogens is 1. The van der Waals surface area contributed by atoms with E-state index in [1.165, 1.54) is 6.26 Å². The van der Waals surface area contributed by atoms with Crippen LogP contribution in [-0.4, -0.2) is 93.9 Å². The maximum atomic E-state index is 14.6. The molecule has 3 aliphatic heterocycles. The van der Waals surface area contributed by atoms with E-state index in [9.17, 15) is 17.6 Å². The minimum Gasteiger partial charge on any atom is -0.350 e. The van der Waals surface area contributed by atoms with Gasteiger partial charge in [-0.25, -0.2) is 12.8 Å². The summed E-state index contributed by atoms with van der Waals surface area (Å²) in [7, 11) is -3.04. The van der Waals surface area contributed by atoms with E-state index in [2.05, 4.69) is 34.7 Å². The highest BCUT2D eigenvalue weighted by Gasteiger charge is 2.42. The third-order valence-corrected chi connectivity index (χ3v) is 10.9. The lowest BCUT2D eigenvalue weighted by Gasteiger charge is -2.45. The van der Waals surface area contributed by atoms with E-state index in [0.717, 1.165) is 45.1 Å². The lowest BCUT2D eigenvalue weighted by molar-refractivity contribution is -0.128. The number of alkyl halides is 1. The summed E-state index contributed by atoms with van der Waals surface area (Å²) in [4.78, 5) is 16.1. The lowest BCUT2D eigenvalue weighted by atomic mass is 9.69. The number of rotatable bonds is 9. The second-order valence-electron chi connectivity index (χ2n) is 11.8. The monoisotopic (exact) mass is 546 g/mol. The van der Waals surface area contributed by atoms with Crippen molar-refractivity contribution in [1.82, 2.24) is 20.9 Å². The van der Waals surface area contributed by atoms with Crippen LogP contribution in [0.2, 0.25) is 0 Å². The Morgan fingerprint density at radius 1 is 1.16 bits per heavy atom. The van der Waals surface area contributed by atoms with E-state index in [1.807, 2.05) is 0 Å². The van der Waals surface area contributed by atoms with Gasteiger partial charge in [-0.05, 0) is 70.0 Å². The van der Waals surface area contributed by atoms with Crippen LogP contribution in [0.1, 0.15) is 71.6 Å². The molecule has 7 N–H and O–H groups in total. The maximum absolute atomic E-state index is 14.6. The fourth-order valence-corrected chi connectivity index (χ4v) is 8.03. The number of sulfone groups is 1. The number of amides is 1. The number of piperidine rings is 2. The maximum Gasteiger partial charge on any atom is 0.227 e. The molecule has 216 valence electrons. The molecule has 11 heteroatoms. The molecule has 6 atom stereocenters. The summed E-state index contributed by atoms with van der Waals surface area (Å²) in [6, 6.07) is -0.312. The molecular formula is C26H51FN6O3S. The van der Waals surface area contributed by atoms with Crippen molar-refractivity contribution < 1.29 is 17.6 Å². The molecule has 6 unspecified atom stereocenters. The van der Waals surface area contributed by atoms with Gasteiger partial charge in [0.15, 0.2) is 0 Å². The normalized spacial score (nSPS) is 34.0. The number of carbonyl (C=O) groups excluding carboxylic acids is 1. The Morgan fingerprint density at radius 3 is 2.46 bits per heavy atom. The molecule has 0 radical (unpaired) electrons. The van der Waals surface area contributed by atoms with Gasteiger partial charge in [0.1, 0.15) is 16.0 Å². The summed E-state index contributed by atoms with van der Waals surface area (Å²) >= 11 is 0.